The van der Waals surface area contributed by atoms with E-state index in [4.69, 9.17) is 0 Å². The molecule has 0 heterocycles. The maximum Gasteiger partial charge on any atom is 0.0189 e. The van der Waals surface area contributed by atoms with E-state index < -0.39 is 0 Å². The van der Waals surface area contributed by atoms with Gasteiger partial charge in [-0.15, -0.1) is 0 Å². The second-order valence-corrected chi connectivity index (χ2v) is 6.11. The van der Waals surface area contributed by atoms with Crippen molar-refractivity contribution in [2.75, 3.05) is 0 Å². The van der Waals surface area contributed by atoms with Crippen LogP contribution in [0.3, 0.4) is 0 Å². The Labute approximate surface area is 118 Å². The zero-order chi connectivity index (χ0) is 12.8. The average Bonchev–Trinajstić information content (AvgIpc) is 2.38. The molecule has 94 valence electrons. The lowest BCUT2D eigenvalue weighted by molar-refractivity contribution is 0.763. The number of hydrogen-bond acceptors (Lipinski definition) is 0. The summed E-state index contributed by atoms with van der Waals surface area (Å²) in [4.78, 5) is 0.555. The van der Waals surface area contributed by atoms with E-state index in [1.807, 2.05) is 0 Å². The van der Waals surface area contributed by atoms with Crippen molar-refractivity contribution < 1.29 is 0 Å². The molecule has 0 spiro atoms. The SMILES string of the molecule is Cc1cccc(CC(Br)CCc2ccccc2)c1. The fourth-order valence-electron chi connectivity index (χ4n) is 2.16. The first-order chi connectivity index (χ1) is 8.74. The van der Waals surface area contributed by atoms with Crippen LogP contribution in [0.25, 0.3) is 0 Å². The minimum Gasteiger partial charge on any atom is -0.0887 e. The monoisotopic (exact) mass is 302 g/mol. The molecule has 0 N–H and O–H groups in total. The molecule has 0 saturated carbocycles. The van der Waals surface area contributed by atoms with Crippen molar-refractivity contribution in [2.45, 2.75) is 31.0 Å². The molecule has 1 unspecified atom stereocenters. The van der Waals surface area contributed by atoms with Crippen LogP contribution in [0.5, 0.6) is 0 Å². The third-order valence-corrected chi connectivity index (χ3v) is 3.91. The number of alkyl halides is 1. The molecule has 0 aliphatic rings. The smallest absolute Gasteiger partial charge is 0.0189 e. The summed E-state index contributed by atoms with van der Waals surface area (Å²) in [6, 6.07) is 19.5. The molecule has 0 aliphatic heterocycles. The maximum absolute atomic E-state index is 3.80. The van der Waals surface area contributed by atoms with Gasteiger partial charge in [-0.25, -0.2) is 0 Å². The van der Waals surface area contributed by atoms with Gasteiger partial charge in [-0.1, -0.05) is 76.1 Å². The van der Waals surface area contributed by atoms with E-state index >= 15 is 0 Å². The predicted molar refractivity (Wildman–Crippen MR) is 82.4 cm³/mol. The van der Waals surface area contributed by atoms with Crippen LogP contribution in [0.2, 0.25) is 0 Å². The molecule has 0 amide bonds. The van der Waals surface area contributed by atoms with Crippen LogP contribution < -0.4 is 0 Å². The summed E-state index contributed by atoms with van der Waals surface area (Å²) in [6.45, 7) is 2.15. The molecule has 2 rings (SSSR count). The van der Waals surface area contributed by atoms with Crippen molar-refractivity contribution in [1.82, 2.24) is 0 Å². The second kappa shape index (κ2) is 6.75. The summed E-state index contributed by atoms with van der Waals surface area (Å²) >= 11 is 3.80. The lowest BCUT2D eigenvalue weighted by Crippen LogP contribution is -2.04. The van der Waals surface area contributed by atoms with Crippen LogP contribution in [-0.4, -0.2) is 4.83 Å². The molecule has 1 atom stereocenters. The molecule has 2 aromatic rings. The van der Waals surface area contributed by atoms with Gasteiger partial charge < -0.3 is 0 Å². The third kappa shape index (κ3) is 4.30. The molecule has 0 aliphatic carbocycles. The summed E-state index contributed by atoms with van der Waals surface area (Å²) in [5.41, 5.74) is 4.19. The number of aryl methyl sites for hydroxylation is 2. The Hall–Kier alpha value is -1.08. The second-order valence-electron chi connectivity index (χ2n) is 4.81. The van der Waals surface area contributed by atoms with Crippen molar-refractivity contribution >= 4 is 15.9 Å². The van der Waals surface area contributed by atoms with Crippen molar-refractivity contribution in [1.29, 1.82) is 0 Å². The fourth-order valence-corrected chi connectivity index (χ4v) is 2.77. The van der Waals surface area contributed by atoms with Crippen LogP contribution in [0.1, 0.15) is 23.1 Å². The summed E-state index contributed by atoms with van der Waals surface area (Å²) in [6.07, 6.45) is 3.43. The lowest BCUT2D eigenvalue weighted by Gasteiger charge is -2.10. The average molecular weight is 303 g/mol. The minimum atomic E-state index is 0.555. The largest absolute Gasteiger partial charge is 0.0887 e. The summed E-state index contributed by atoms with van der Waals surface area (Å²) in [5, 5.41) is 0. The molecule has 0 aromatic heterocycles. The highest BCUT2D eigenvalue weighted by atomic mass is 79.9. The third-order valence-electron chi connectivity index (χ3n) is 3.13. The highest BCUT2D eigenvalue weighted by Crippen LogP contribution is 2.17. The zero-order valence-corrected chi connectivity index (χ0v) is 12.4. The van der Waals surface area contributed by atoms with Gasteiger partial charge in [-0.2, -0.15) is 0 Å². The van der Waals surface area contributed by atoms with Gasteiger partial charge in [-0.3, -0.25) is 0 Å². The Morgan fingerprint density at radius 2 is 1.67 bits per heavy atom. The summed E-state index contributed by atoms with van der Waals surface area (Å²) < 4.78 is 0. The number of hydrogen-bond donors (Lipinski definition) is 0. The lowest BCUT2D eigenvalue weighted by atomic mass is 10.0. The fraction of sp³-hybridized carbons (Fsp3) is 0.294. The molecule has 0 fully saturated rings. The standard InChI is InChI=1S/C17H19Br/c1-14-6-5-9-16(12-14)13-17(18)11-10-15-7-3-2-4-8-15/h2-9,12,17H,10-11,13H2,1H3. The molecule has 1 heteroatoms. The first-order valence-electron chi connectivity index (χ1n) is 6.47. The van der Waals surface area contributed by atoms with Gasteiger partial charge in [0.1, 0.15) is 0 Å². The van der Waals surface area contributed by atoms with Crippen LogP contribution in [-0.2, 0) is 12.8 Å². The van der Waals surface area contributed by atoms with E-state index in [0.29, 0.717) is 4.83 Å². The highest BCUT2D eigenvalue weighted by molar-refractivity contribution is 9.09. The van der Waals surface area contributed by atoms with Gasteiger partial charge >= 0.3 is 0 Å². The normalized spacial score (nSPS) is 12.3. The van der Waals surface area contributed by atoms with Crippen molar-refractivity contribution in [3.05, 3.63) is 71.3 Å². The van der Waals surface area contributed by atoms with Crippen LogP contribution >= 0.6 is 15.9 Å². The van der Waals surface area contributed by atoms with Gasteiger partial charge in [0.05, 0.1) is 0 Å². The first kappa shape index (κ1) is 13.4. The number of benzene rings is 2. The maximum atomic E-state index is 3.80. The summed E-state index contributed by atoms with van der Waals surface area (Å²) in [7, 11) is 0. The van der Waals surface area contributed by atoms with Crippen LogP contribution in [0, 0.1) is 6.92 Å². The van der Waals surface area contributed by atoms with E-state index in [2.05, 4.69) is 77.5 Å². The van der Waals surface area contributed by atoms with Gasteiger partial charge in [0.2, 0.25) is 0 Å². The van der Waals surface area contributed by atoms with Gasteiger partial charge in [0.15, 0.2) is 0 Å². The van der Waals surface area contributed by atoms with Crippen molar-refractivity contribution in [3.63, 3.8) is 0 Å². The quantitative estimate of drug-likeness (QED) is 0.687. The molecular formula is C17H19Br. The van der Waals surface area contributed by atoms with Gasteiger partial charge in [0.25, 0.3) is 0 Å². The molecule has 0 nitrogen and oxygen atoms in total. The van der Waals surface area contributed by atoms with E-state index in [9.17, 15) is 0 Å². The molecule has 0 saturated heterocycles. The minimum absolute atomic E-state index is 0.555. The topological polar surface area (TPSA) is 0 Å². The molecule has 0 radical (unpaired) electrons. The Kier molecular flexibility index (Phi) is 5.00. The van der Waals surface area contributed by atoms with Crippen LogP contribution in [0.4, 0.5) is 0 Å². The van der Waals surface area contributed by atoms with Gasteiger partial charge in [0, 0.05) is 4.83 Å². The first-order valence-corrected chi connectivity index (χ1v) is 7.39. The van der Waals surface area contributed by atoms with Gasteiger partial charge in [-0.05, 0) is 37.3 Å². The van der Waals surface area contributed by atoms with E-state index in [1.54, 1.807) is 0 Å². The zero-order valence-electron chi connectivity index (χ0n) is 10.8. The van der Waals surface area contributed by atoms with E-state index in [1.165, 1.54) is 23.1 Å². The Morgan fingerprint density at radius 1 is 0.944 bits per heavy atom. The predicted octanol–water partition coefficient (Wildman–Crippen LogP) is 4.93. The van der Waals surface area contributed by atoms with Crippen molar-refractivity contribution in [3.8, 4) is 0 Å². The molecular weight excluding hydrogens is 284 g/mol. The summed E-state index contributed by atoms with van der Waals surface area (Å²) in [5.74, 6) is 0. The molecule has 18 heavy (non-hydrogen) atoms. The highest BCUT2D eigenvalue weighted by Gasteiger charge is 2.06. The Bertz CT molecular complexity index is 476. The van der Waals surface area contributed by atoms with Crippen molar-refractivity contribution in [2.24, 2.45) is 0 Å². The molecule has 2 aromatic carbocycles. The molecule has 0 bridgehead atoms. The van der Waals surface area contributed by atoms with Crippen LogP contribution in [0.15, 0.2) is 54.6 Å². The Balaban J connectivity index is 1.84. The van der Waals surface area contributed by atoms with E-state index in [0.717, 1.165) is 12.8 Å². The Morgan fingerprint density at radius 3 is 2.39 bits per heavy atom. The van der Waals surface area contributed by atoms with E-state index in [-0.39, 0.29) is 0 Å². The number of rotatable bonds is 5. The number of halogens is 1.